The lowest BCUT2D eigenvalue weighted by Crippen LogP contribution is -2.16. The summed E-state index contributed by atoms with van der Waals surface area (Å²) in [5.74, 6) is 2.37. The fraction of sp³-hybridized carbons (Fsp3) is 0.714. The second-order valence-corrected chi connectivity index (χ2v) is 6.20. The van der Waals surface area contributed by atoms with Crippen molar-refractivity contribution in [3.8, 4) is 0 Å². The van der Waals surface area contributed by atoms with E-state index in [0.29, 0.717) is 16.5 Å². The van der Waals surface area contributed by atoms with Gasteiger partial charge in [0.15, 0.2) is 0 Å². The minimum absolute atomic E-state index is 0.534. The molecule has 0 spiro atoms. The third-order valence-electron chi connectivity index (χ3n) is 4.04. The Morgan fingerprint density at radius 3 is 2.78 bits per heavy atom. The monoisotopic (exact) mass is 265 g/mol. The van der Waals surface area contributed by atoms with Gasteiger partial charge in [0.25, 0.3) is 0 Å². The summed E-state index contributed by atoms with van der Waals surface area (Å²) in [5, 5.41) is 4.03. The first-order valence-corrected chi connectivity index (χ1v) is 7.37. The average molecular weight is 266 g/mol. The standard InChI is InChI=1S/C14H20ClN3/c1-2-5-14(6-7-14)9-16-12-8-11(15)17-13(18-12)10-3-4-10/h8,10H,2-7,9H2,1H3,(H,16,17,18). The number of rotatable bonds is 6. The zero-order valence-electron chi connectivity index (χ0n) is 10.9. The maximum atomic E-state index is 6.06. The molecule has 0 unspecified atom stereocenters. The molecule has 3 rings (SSSR count). The molecule has 2 aliphatic carbocycles. The smallest absolute Gasteiger partial charge is 0.135 e. The molecule has 2 saturated carbocycles. The van der Waals surface area contributed by atoms with Gasteiger partial charge in [-0.15, -0.1) is 0 Å². The normalized spacial score (nSPS) is 20.8. The van der Waals surface area contributed by atoms with Gasteiger partial charge in [0.2, 0.25) is 0 Å². The van der Waals surface area contributed by atoms with Crippen molar-refractivity contribution in [1.82, 2.24) is 9.97 Å². The van der Waals surface area contributed by atoms with Gasteiger partial charge in [-0.25, -0.2) is 9.97 Å². The van der Waals surface area contributed by atoms with E-state index in [1.54, 1.807) is 0 Å². The molecule has 0 atom stereocenters. The van der Waals surface area contributed by atoms with E-state index in [2.05, 4.69) is 22.2 Å². The zero-order valence-corrected chi connectivity index (χ0v) is 11.6. The molecular formula is C14H20ClN3. The Kier molecular flexibility index (Phi) is 3.18. The van der Waals surface area contributed by atoms with Gasteiger partial charge in [-0.1, -0.05) is 24.9 Å². The minimum atomic E-state index is 0.534. The van der Waals surface area contributed by atoms with Crippen LogP contribution in [0.4, 0.5) is 5.82 Å². The molecule has 0 radical (unpaired) electrons. The van der Waals surface area contributed by atoms with Crippen LogP contribution in [0.3, 0.4) is 0 Å². The average Bonchev–Trinajstić information content (AvgIpc) is 3.22. The van der Waals surface area contributed by atoms with E-state index >= 15 is 0 Å². The molecule has 2 aliphatic rings. The summed E-state index contributed by atoms with van der Waals surface area (Å²) in [6.07, 6.45) is 7.69. The highest BCUT2D eigenvalue weighted by atomic mass is 35.5. The van der Waals surface area contributed by atoms with Gasteiger partial charge in [0.1, 0.15) is 16.8 Å². The van der Waals surface area contributed by atoms with Crippen LogP contribution in [0.2, 0.25) is 5.15 Å². The van der Waals surface area contributed by atoms with Gasteiger partial charge in [-0.2, -0.15) is 0 Å². The van der Waals surface area contributed by atoms with Crippen LogP contribution in [0, 0.1) is 5.41 Å². The molecule has 98 valence electrons. The number of nitrogens with one attached hydrogen (secondary N) is 1. The topological polar surface area (TPSA) is 37.8 Å². The summed E-state index contributed by atoms with van der Waals surface area (Å²) in [5.41, 5.74) is 0.534. The van der Waals surface area contributed by atoms with Gasteiger partial charge >= 0.3 is 0 Å². The van der Waals surface area contributed by atoms with Gasteiger partial charge in [0.05, 0.1) is 0 Å². The van der Waals surface area contributed by atoms with Crippen LogP contribution in [-0.4, -0.2) is 16.5 Å². The van der Waals surface area contributed by atoms with Gasteiger partial charge < -0.3 is 5.32 Å². The lowest BCUT2D eigenvalue weighted by Gasteiger charge is -2.15. The van der Waals surface area contributed by atoms with E-state index in [1.807, 2.05) is 6.07 Å². The van der Waals surface area contributed by atoms with Crippen molar-refractivity contribution < 1.29 is 0 Å². The Labute approximate surface area is 113 Å². The van der Waals surface area contributed by atoms with Crippen molar-refractivity contribution in [2.45, 2.75) is 51.4 Å². The molecule has 4 heteroatoms. The molecule has 18 heavy (non-hydrogen) atoms. The van der Waals surface area contributed by atoms with Crippen molar-refractivity contribution in [2.75, 3.05) is 11.9 Å². The highest BCUT2D eigenvalue weighted by Crippen LogP contribution is 2.49. The van der Waals surface area contributed by atoms with Crippen molar-refractivity contribution >= 4 is 17.4 Å². The van der Waals surface area contributed by atoms with Gasteiger partial charge in [-0.05, 0) is 37.5 Å². The minimum Gasteiger partial charge on any atom is -0.369 e. The lowest BCUT2D eigenvalue weighted by molar-refractivity contribution is 0.485. The first kappa shape index (κ1) is 12.2. The Morgan fingerprint density at radius 2 is 2.17 bits per heavy atom. The Hall–Kier alpha value is -0.830. The van der Waals surface area contributed by atoms with E-state index in [0.717, 1.165) is 18.2 Å². The van der Waals surface area contributed by atoms with Crippen molar-refractivity contribution in [3.05, 3.63) is 17.0 Å². The summed E-state index contributed by atoms with van der Waals surface area (Å²) in [4.78, 5) is 8.89. The maximum absolute atomic E-state index is 6.06. The van der Waals surface area contributed by atoms with Crippen LogP contribution in [-0.2, 0) is 0 Å². The Bertz CT molecular complexity index is 439. The summed E-state index contributed by atoms with van der Waals surface area (Å²) in [6, 6.07) is 1.84. The second-order valence-electron chi connectivity index (χ2n) is 5.81. The number of hydrogen-bond acceptors (Lipinski definition) is 3. The zero-order chi connectivity index (χ0) is 12.6. The van der Waals surface area contributed by atoms with Crippen LogP contribution >= 0.6 is 11.6 Å². The van der Waals surface area contributed by atoms with Crippen LogP contribution < -0.4 is 5.32 Å². The maximum Gasteiger partial charge on any atom is 0.135 e. The lowest BCUT2D eigenvalue weighted by atomic mass is 10.0. The number of hydrogen-bond donors (Lipinski definition) is 1. The molecule has 0 amide bonds. The van der Waals surface area contributed by atoms with Gasteiger partial charge in [-0.3, -0.25) is 0 Å². The van der Waals surface area contributed by atoms with E-state index in [-0.39, 0.29) is 0 Å². The predicted molar refractivity (Wildman–Crippen MR) is 74.1 cm³/mol. The number of aromatic nitrogens is 2. The van der Waals surface area contributed by atoms with Crippen LogP contribution in [0.5, 0.6) is 0 Å². The van der Waals surface area contributed by atoms with Crippen molar-refractivity contribution in [2.24, 2.45) is 5.41 Å². The quantitative estimate of drug-likeness (QED) is 0.790. The molecule has 2 fully saturated rings. The second kappa shape index (κ2) is 4.69. The Balaban J connectivity index is 1.65. The fourth-order valence-electron chi connectivity index (χ4n) is 2.55. The largest absolute Gasteiger partial charge is 0.369 e. The van der Waals surface area contributed by atoms with Crippen LogP contribution in [0.1, 0.15) is 57.2 Å². The first-order valence-electron chi connectivity index (χ1n) is 6.99. The third-order valence-corrected chi connectivity index (χ3v) is 4.23. The van der Waals surface area contributed by atoms with E-state index < -0.39 is 0 Å². The van der Waals surface area contributed by atoms with E-state index in [9.17, 15) is 0 Å². The summed E-state index contributed by atoms with van der Waals surface area (Å²) < 4.78 is 0. The fourth-order valence-corrected chi connectivity index (χ4v) is 2.74. The number of nitrogens with zero attached hydrogens (tertiary/aromatic N) is 2. The predicted octanol–water partition coefficient (Wildman–Crippen LogP) is 4.00. The molecule has 0 saturated heterocycles. The first-order chi connectivity index (χ1) is 8.71. The van der Waals surface area contributed by atoms with E-state index in [4.69, 9.17) is 11.6 Å². The highest BCUT2D eigenvalue weighted by molar-refractivity contribution is 6.29. The molecule has 1 heterocycles. The summed E-state index contributed by atoms with van der Waals surface area (Å²) in [7, 11) is 0. The number of halogens is 1. The van der Waals surface area contributed by atoms with Gasteiger partial charge in [0, 0.05) is 18.5 Å². The molecule has 0 aromatic carbocycles. The summed E-state index contributed by atoms with van der Waals surface area (Å²) in [6.45, 7) is 3.28. The molecule has 1 aromatic heterocycles. The molecular weight excluding hydrogens is 246 g/mol. The molecule has 0 aliphatic heterocycles. The number of anilines is 1. The third kappa shape index (κ3) is 2.77. The molecule has 1 aromatic rings. The van der Waals surface area contributed by atoms with Crippen molar-refractivity contribution in [3.63, 3.8) is 0 Å². The molecule has 0 bridgehead atoms. The SMILES string of the molecule is CCCC1(CNc2cc(Cl)nc(C3CC3)n2)CC1. The summed E-state index contributed by atoms with van der Waals surface area (Å²) >= 11 is 6.06. The highest BCUT2D eigenvalue weighted by Gasteiger charge is 2.41. The molecule has 3 nitrogen and oxygen atoms in total. The van der Waals surface area contributed by atoms with Crippen LogP contribution in [0.25, 0.3) is 0 Å². The van der Waals surface area contributed by atoms with Crippen molar-refractivity contribution in [1.29, 1.82) is 0 Å². The van der Waals surface area contributed by atoms with Crippen LogP contribution in [0.15, 0.2) is 6.07 Å². The molecule has 1 N–H and O–H groups in total. The Morgan fingerprint density at radius 1 is 1.39 bits per heavy atom. The van der Waals surface area contributed by atoms with E-state index in [1.165, 1.54) is 38.5 Å².